The largest absolute Gasteiger partial charge is 0.494 e. The van der Waals surface area contributed by atoms with Crippen molar-refractivity contribution in [1.29, 1.82) is 0 Å². The highest BCUT2D eigenvalue weighted by atomic mass is 35.5. The summed E-state index contributed by atoms with van der Waals surface area (Å²) in [5.41, 5.74) is 3.83. The molecule has 1 aromatic heterocycles. The number of anilines is 2. The predicted octanol–water partition coefficient (Wildman–Crippen LogP) is 5.34. The van der Waals surface area contributed by atoms with Crippen molar-refractivity contribution in [3.05, 3.63) is 59.2 Å². The van der Waals surface area contributed by atoms with Crippen molar-refractivity contribution in [2.45, 2.75) is 13.8 Å². The molecular weight excluding hydrogens is 296 g/mol. The van der Waals surface area contributed by atoms with Gasteiger partial charge in [-0.25, -0.2) is 0 Å². The second-order valence-corrected chi connectivity index (χ2v) is 5.49. The highest BCUT2D eigenvalue weighted by Gasteiger charge is 2.07. The Kier molecular flexibility index (Phi) is 4.16. The quantitative estimate of drug-likeness (QED) is 0.706. The van der Waals surface area contributed by atoms with Crippen LogP contribution in [0.25, 0.3) is 10.9 Å². The molecule has 0 aliphatic heterocycles. The van der Waals surface area contributed by atoms with Crippen LogP contribution in [0.1, 0.15) is 12.6 Å². The van der Waals surface area contributed by atoms with E-state index in [0.29, 0.717) is 11.6 Å². The van der Waals surface area contributed by atoms with E-state index in [9.17, 15) is 0 Å². The molecule has 0 atom stereocenters. The molecule has 0 fully saturated rings. The summed E-state index contributed by atoms with van der Waals surface area (Å²) in [6, 6.07) is 15.6. The van der Waals surface area contributed by atoms with Gasteiger partial charge in [0.2, 0.25) is 0 Å². The molecule has 0 radical (unpaired) electrons. The molecule has 0 aliphatic carbocycles. The molecule has 0 aliphatic rings. The lowest BCUT2D eigenvalue weighted by Gasteiger charge is -2.12. The molecular formula is C18H17ClN2O. The van der Waals surface area contributed by atoms with Crippen LogP contribution in [0.4, 0.5) is 11.4 Å². The number of halogens is 1. The van der Waals surface area contributed by atoms with Crippen LogP contribution in [0, 0.1) is 6.92 Å². The average molecular weight is 313 g/mol. The van der Waals surface area contributed by atoms with Crippen LogP contribution < -0.4 is 10.1 Å². The molecule has 22 heavy (non-hydrogen) atoms. The van der Waals surface area contributed by atoms with Gasteiger partial charge in [-0.3, -0.25) is 4.98 Å². The predicted molar refractivity (Wildman–Crippen MR) is 92.4 cm³/mol. The Morgan fingerprint density at radius 2 is 2.00 bits per heavy atom. The van der Waals surface area contributed by atoms with Gasteiger partial charge in [0, 0.05) is 27.5 Å². The van der Waals surface area contributed by atoms with Gasteiger partial charge in [-0.15, -0.1) is 0 Å². The van der Waals surface area contributed by atoms with Crippen molar-refractivity contribution < 1.29 is 4.74 Å². The van der Waals surface area contributed by atoms with E-state index in [-0.39, 0.29) is 0 Å². The fourth-order valence-electron chi connectivity index (χ4n) is 2.42. The number of ether oxygens (including phenoxy) is 1. The van der Waals surface area contributed by atoms with E-state index in [2.05, 4.69) is 10.3 Å². The molecule has 0 amide bonds. The van der Waals surface area contributed by atoms with Gasteiger partial charge < -0.3 is 10.1 Å². The molecule has 0 unspecified atom stereocenters. The minimum Gasteiger partial charge on any atom is -0.494 e. The van der Waals surface area contributed by atoms with E-state index < -0.39 is 0 Å². The van der Waals surface area contributed by atoms with Crippen LogP contribution in [-0.4, -0.2) is 11.6 Å². The molecule has 1 N–H and O–H groups in total. The van der Waals surface area contributed by atoms with E-state index >= 15 is 0 Å². The summed E-state index contributed by atoms with van der Waals surface area (Å²) in [7, 11) is 0. The summed E-state index contributed by atoms with van der Waals surface area (Å²) in [6.45, 7) is 4.60. The smallest absolute Gasteiger partial charge is 0.120 e. The minimum absolute atomic E-state index is 0.641. The summed E-state index contributed by atoms with van der Waals surface area (Å²) in [6.07, 6.45) is 0. The van der Waals surface area contributed by atoms with E-state index in [1.165, 1.54) is 0 Å². The number of fused-ring (bicyclic) bond motifs is 1. The molecule has 3 rings (SSSR count). The SMILES string of the molecule is CCOc1ccc2nc(C)cc(Nc3cccc(Cl)c3)c2c1. The molecule has 0 saturated carbocycles. The lowest BCUT2D eigenvalue weighted by atomic mass is 10.1. The molecule has 3 nitrogen and oxygen atoms in total. The van der Waals surface area contributed by atoms with E-state index in [1.54, 1.807) is 0 Å². The van der Waals surface area contributed by atoms with Gasteiger partial charge >= 0.3 is 0 Å². The first-order chi connectivity index (χ1) is 10.7. The van der Waals surface area contributed by atoms with Crippen molar-refractivity contribution in [3.63, 3.8) is 0 Å². The van der Waals surface area contributed by atoms with E-state index in [4.69, 9.17) is 16.3 Å². The van der Waals surface area contributed by atoms with Gasteiger partial charge in [0.05, 0.1) is 12.1 Å². The fraction of sp³-hybridized carbons (Fsp3) is 0.167. The zero-order chi connectivity index (χ0) is 15.5. The van der Waals surface area contributed by atoms with E-state index in [1.807, 2.05) is 62.4 Å². The van der Waals surface area contributed by atoms with Crippen molar-refractivity contribution in [1.82, 2.24) is 4.98 Å². The van der Waals surface area contributed by atoms with E-state index in [0.717, 1.165) is 33.7 Å². The summed E-state index contributed by atoms with van der Waals surface area (Å²) in [5, 5.41) is 5.15. The maximum absolute atomic E-state index is 6.05. The van der Waals surface area contributed by atoms with Gasteiger partial charge in [0.1, 0.15) is 5.75 Å². The molecule has 0 saturated heterocycles. The monoisotopic (exact) mass is 312 g/mol. The number of aryl methyl sites for hydroxylation is 1. The summed E-state index contributed by atoms with van der Waals surface area (Å²) >= 11 is 6.05. The molecule has 3 aromatic rings. The average Bonchev–Trinajstić information content (AvgIpc) is 2.48. The number of aromatic nitrogens is 1. The molecule has 4 heteroatoms. The standard InChI is InChI=1S/C18H17ClN2O/c1-3-22-15-7-8-17-16(11-15)18(9-12(2)20-17)21-14-6-4-5-13(19)10-14/h4-11H,3H2,1-2H3,(H,20,21). The maximum Gasteiger partial charge on any atom is 0.120 e. The number of hydrogen-bond donors (Lipinski definition) is 1. The van der Waals surface area contributed by atoms with Crippen molar-refractivity contribution in [3.8, 4) is 5.75 Å². The van der Waals surface area contributed by atoms with Gasteiger partial charge in [-0.05, 0) is 56.3 Å². The van der Waals surface area contributed by atoms with Gasteiger partial charge in [-0.2, -0.15) is 0 Å². The number of nitrogens with zero attached hydrogens (tertiary/aromatic N) is 1. The Bertz CT molecular complexity index is 817. The number of rotatable bonds is 4. The highest BCUT2D eigenvalue weighted by molar-refractivity contribution is 6.30. The highest BCUT2D eigenvalue weighted by Crippen LogP contribution is 2.30. The first-order valence-electron chi connectivity index (χ1n) is 7.22. The lowest BCUT2D eigenvalue weighted by Crippen LogP contribution is -1.96. The zero-order valence-electron chi connectivity index (χ0n) is 12.6. The summed E-state index contributed by atoms with van der Waals surface area (Å²) in [4.78, 5) is 4.58. The van der Waals surface area contributed by atoms with Crippen LogP contribution in [0.3, 0.4) is 0 Å². The number of nitrogens with one attached hydrogen (secondary N) is 1. The van der Waals surface area contributed by atoms with Crippen LogP contribution in [-0.2, 0) is 0 Å². The third-order valence-electron chi connectivity index (χ3n) is 3.32. The Balaban J connectivity index is 2.08. The molecule has 2 aromatic carbocycles. The van der Waals surface area contributed by atoms with Crippen molar-refractivity contribution in [2.24, 2.45) is 0 Å². The third kappa shape index (κ3) is 3.15. The Morgan fingerprint density at radius 1 is 1.14 bits per heavy atom. The lowest BCUT2D eigenvalue weighted by molar-refractivity contribution is 0.340. The number of hydrogen-bond acceptors (Lipinski definition) is 3. The Labute approximate surface area is 134 Å². The van der Waals surface area contributed by atoms with Crippen LogP contribution in [0.2, 0.25) is 5.02 Å². The van der Waals surface area contributed by atoms with Crippen molar-refractivity contribution in [2.75, 3.05) is 11.9 Å². The topological polar surface area (TPSA) is 34.1 Å². The Hall–Kier alpha value is -2.26. The van der Waals surface area contributed by atoms with Crippen LogP contribution in [0.15, 0.2) is 48.5 Å². The van der Waals surface area contributed by atoms with Crippen LogP contribution in [0.5, 0.6) is 5.75 Å². The maximum atomic E-state index is 6.05. The summed E-state index contributed by atoms with van der Waals surface area (Å²) in [5.74, 6) is 0.842. The number of benzene rings is 2. The zero-order valence-corrected chi connectivity index (χ0v) is 13.3. The molecule has 0 bridgehead atoms. The third-order valence-corrected chi connectivity index (χ3v) is 3.56. The van der Waals surface area contributed by atoms with Gasteiger partial charge in [0.15, 0.2) is 0 Å². The second kappa shape index (κ2) is 6.24. The molecule has 112 valence electrons. The molecule has 0 spiro atoms. The minimum atomic E-state index is 0.641. The van der Waals surface area contributed by atoms with Gasteiger partial charge in [0.25, 0.3) is 0 Å². The first-order valence-corrected chi connectivity index (χ1v) is 7.60. The Morgan fingerprint density at radius 3 is 2.77 bits per heavy atom. The normalized spacial score (nSPS) is 10.7. The number of pyridine rings is 1. The van der Waals surface area contributed by atoms with Crippen LogP contribution >= 0.6 is 11.6 Å². The molecule has 1 heterocycles. The summed E-state index contributed by atoms with van der Waals surface area (Å²) < 4.78 is 5.59. The fourth-order valence-corrected chi connectivity index (χ4v) is 2.61. The second-order valence-electron chi connectivity index (χ2n) is 5.06. The van der Waals surface area contributed by atoms with Gasteiger partial charge in [-0.1, -0.05) is 17.7 Å². The first kappa shape index (κ1) is 14.7. The van der Waals surface area contributed by atoms with Crippen molar-refractivity contribution >= 4 is 33.9 Å².